The average molecular weight is 352 g/mol. The highest BCUT2D eigenvalue weighted by Crippen LogP contribution is 2.35. The second kappa shape index (κ2) is 6.61. The van der Waals surface area contributed by atoms with Crippen LogP contribution >= 0.6 is 0 Å². The molecule has 1 aromatic carbocycles. The van der Waals surface area contributed by atoms with Gasteiger partial charge >= 0.3 is 0 Å². The zero-order valence-corrected chi connectivity index (χ0v) is 15.9. The van der Waals surface area contributed by atoms with Crippen LogP contribution in [0.2, 0.25) is 0 Å². The van der Waals surface area contributed by atoms with E-state index in [1.165, 1.54) is 0 Å². The fraction of sp³-hybridized carbons (Fsp3) is 0.400. The minimum atomic E-state index is 0.846. The Morgan fingerprint density at radius 2 is 1.85 bits per heavy atom. The molecule has 6 heteroatoms. The van der Waals surface area contributed by atoms with Crippen molar-refractivity contribution in [1.29, 1.82) is 0 Å². The Hall–Kier alpha value is -2.60. The molecule has 1 fully saturated rings. The van der Waals surface area contributed by atoms with Gasteiger partial charge < -0.3 is 14.5 Å². The first kappa shape index (κ1) is 16.8. The maximum absolute atomic E-state index is 5.58. The summed E-state index contributed by atoms with van der Waals surface area (Å²) in [6.45, 7) is 8.45. The molecule has 26 heavy (non-hydrogen) atoms. The predicted octanol–water partition coefficient (Wildman–Crippen LogP) is 1.36. The van der Waals surface area contributed by atoms with Crippen LogP contribution in [-0.4, -0.2) is 54.9 Å². The van der Waals surface area contributed by atoms with Crippen LogP contribution < -0.4 is 14.5 Å². The predicted molar refractivity (Wildman–Crippen MR) is 103 cm³/mol. The number of hydrogen-bond donors (Lipinski definition) is 1. The highest BCUT2D eigenvalue weighted by molar-refractivity contribution is 5.84. The third kappa shape index (κ3) is 2.80. The molecule has 3 heterocycles. The van der Waals surface area contributed by atoms with Gasteiger partial charge in [-0.2, -0.15) is 9.61 Å². The highest BCUT2D eigenvalue weighted by Gasteiger charge is 2.23. The summed E-state index contributed by atoms with van der Waals surface area (Å²) in [5.41, 5.74) is 4.96. The molecule has 1 saturated heterocycles. The molecular weight excluding hydrogens is 326 g/mol. The second-order valence-electron chi connectivity index (χ2n) is 7.10. The summed E-state index contributed by atoms with van der Waals surface area (Å²) >= 11 is 0. The first-order valence-corrected chi connectivity index (χ1v) is 9.15. The normalized spacial score (nSPS) is 15.6. The van der Waals surface area contributed by atoms with E-state index in [0.717, 1.165) is 65.9 Å². The van der Waals surface area contributed by atoms with Crippen molar-refractivity contribution in [2.45, 2.75) is 13.8 Å². The molecule has 0 amide bonds. The minimum absolute atomic E-state index is 0.846. The number of rotatable bonds is 3. The number of hydrogen-bond acceptors (Lipinski definition) is 4. The Morgan fingerprint density at radius 3 is 2.58 bits per heavy atom. The SMILES string of the molecule is COc1ccccc1-c1c(C)nn2c(N3CC[NH+](C)CC3)cc(C)nc12. The maximum atomic E-state index is 5.58. The number of fused-ring (bicyclic) bond motifs is 1. The second-order valence-corrected chi connectivity index (χ2v) is 7.10. The molecule has 6 nitrogen and oxygen atoms in total. The summed E-state index contributed by atoms with van der Waals surface area (Å²) in [5.74, 6) is 1.97. The molecule has 0 bridgehead atoms. The zero-order chi connectivity index (χ0) is 18.3. The van der Waals surface area contributed by atoms with E-state index in [1.807, 2.05) is 29.6 Å². The monoisotopic (exact) mass is 352 g/mol. The first-order valence-electron chi connectivity index (χ1n) is 9.15. The maximum Gasteiger partial charge on any atom is 0.165 e. The van der Waals surface area contributed by atoms with E-state index < -0.39 is 0 Å². The first-order chi connectivity index (χ1) is 12.6. The summed E-state index contributed by atoms with van der Waals surface area (Å²) < 4.78 is 7.59. The van der Waals surface area contributed by atoms with Crippen LogP contribution in [0.25, 0.3) is 16.8 Å². The van der Waals surface area contributed by atoms with Gasteiger partial charge in [-0.15, -0.1) is 0 Å². The van der Waals surface area contributed by atoms with Gasteiger partial charge in [0.25, 0.3) is 0 Å². The van der Waals surface area contributed by atoms with Crippen LogP contribution in [0.3, 0.4) is 0 Å². The molecule has 0 spiro atoms. The molecule has 3 aromatic rings. The van der Waals surface area contributed by atoms with Crippen LogP contribution in [0.1, 0.15) is 11.4 Å². The summed E-state index contributed by atoms with van der Waals surface area (Å²) in [7, 11) is 3.96. The van der Waals surface area contributed by atoms with Gasteiger partial charge in [-0.1, -0.05) is 18.2 Å². The van der Waals surface area contributed by atoms with Crippen molar-refractivity contribution < 1.29 is 9.64 Å². The van der Waals surface area contributed by atoms with Crippen molar-refractivity contribution in [1.82, 2.24) is 14.6 Å². The molecule has 1 N–H and O–H groups in total. The van der Waals surface area contributed by atoms with Crippen molar-refractivity contribution in [2.24, 2.45) is 0 Å². The average Bonchev–Trinajstić information content (AvgIpc) is 2.97. The summed E-state index contributed by atoms with van der Waals surface area (Å²) in [4.78, 5) is 8.83. The Bertz CT molecular complexity index is 941. The fourth-order valence-electron chi connectivity index (χ4n) is 3.73. The van der Waals surface area contributed by atoms with E-state index in [9.17, 15) is 0 Å². The van der Waals surface area contributed by atoms with Crippen molar-refractivity contribution in [2.75, 3.05) is 45.2 Å². The smallest absolute Gasteiger partial charge is 0.165 e. The Balaban J connectivity index is 1.90. The lowest BCUT2D eigenvalue weighted by Crippen LogP contribution is -3.12. The molecule has 2 aromatic heterocycles. The van der Waals surface area contributed by atoms with Gasteiger partial charge in [0.05, 0.1) is 51.6 Å². The van der Waals surface area contributed by atoms with Crippen LogP contribution in [0.5, 0.6) is 5.75 Å². The minimum Gasteiger partial charge on any atom is -0.496 e. The van der Waals surface area contributed by atoms with Gasteiger partial charge in [0.1, 0.15) is 11.6 Å². The lowest BCUT2D eigenvalue weighted by atomic mass is 10.1. The van der Waals surface area contributed by atoms with Crippen molar-refractivity contribution in [3.63, 3.8) is 0 Å². The molecule has 0 atom stereocenters. The molecule has 0 aliphatic carbocycles. The molecule has 0 saturated carbocycles. The number of methoxy groups -OCH3 is 1. The molecule has 1 aliphatic rings. The Kier molecular flexibility index (Phi) is 4.28. The summed E-state index contributed by atoms with van der Waals surface area (Å²) in [6.07, 6.45) is 0. The number of nitrogens with zero attached hydrogens (tertiary/aromatic N) is 4. The Labute approximate surface area is 154 Å². The zero-order valence-electron chi connectivity index (χ0n) is 15.9. The third-order valence-corrected chi connectivity index (χ3v) is 5.19. The molecule has 1 aliphatic heterocycles. The molecule has 4 rings (SSSR count). The van der Waals surface area contributed by atoms with Gasteiger partial charge in [-0.3, -0.25) is 0 Å². The largest absolute Gasteiger partial charge is 0.496 e. The number of nitrogens with one attached hydrogen (secondary N) is 1. The van der Waals surface area contributed by atoms with Gasteiger partial charge in [0.15, 0.2) is 5.65 Å². The number of para-hydroxylation sites is 1. The van der Waals surface area contributed by atoms with Gasteiger partial charge in [-0.25, -0.2) is 4.98 Å². The topological polar surface area (TPSA) is 47.1 Å². The molecular formula is C20H26N5O+. The van der Waals surface area contributed by atoms with E-state index in [4.69, 9.17) is 14.8 Å². The van der Waals surface area contributed by atoms with Crippen molar-refractivity contribution in [3.05, 3.63) is 41.7 Å². The quantitative estimate of drug-likeness (QED) is 0.773. The van der Waals surface area contributed by atoms with E-state index in [1.54, 1.807) is 12.0 Å². The molecule has 0 unspecified atom stereocenters. The number of ether oxygens (including phenoxy) is 1. The number of likely N-dealkylation sites (N-methyl/N-ethyl adjacent to an activating group) is 1. The van der Waals surface area contributed by atoms with Crippen LogP contribution in [-0.2, 0) is 0 Å². The van der Waals surface area contributed by atoms with Crippen LogP contribution in [0.15, 0.2) is 30.3 Å². The van der Waals surface area contributed by atoms with Crippen LogP contribution in [0.4, 0.5) is 5.82 Å². The van der Waals surface area contributed by atoms with E-state index in [-0.39, 0.29) is 0 Å². The number of anilines is 1. The number of quaternary nitrogens is 1. The molecule has 0 radical (unpaired) electrons. The van der Waals surface area contributed by atoms with Gasteiger partial charge in [-0.05, 0) is 19.9 Å². The number of piperazine rings is 1. The van der Waals surface area contributed by atoms with Gasteiger partial charge in [0.2, 0.25) is 0 Å². The molecule has 136 valence electrons. The number of aromatic nitrogens is 3. The lowest BCUT2D eigenvalue weighted by molar-refractivity contribution is -0.880. The van der Waals surface area contributed by atoms with E-state index in [2.05, 4.69) is 31.0 Å². The van der Waals surface area contributed by atoms with Crippen molar-refractivity contribution >= 4 is 11.5 Å². The highest BCUT2D eigenvalue weighted by atomic mass is 16.5. The Morgan fingerprint density at radius 1 is 1.12 bits per heavy atom. The summed E-state index contributed by atoms with van der Waals surface area (Å²) in [5, 5.41) is 4.85. The fourth-order valence-corrected chi connectivity index (χ4v) is 3.73. The van der Waals surface area contributed by atoms with Gasteiger partial charge in [0, 0.05) is 17.3 Å². The van der Waals surface area contributed by atoms with E-state index in [0.29, 0.717) is 0 Å². The lowest BCUT2D eigenvalue weighted by Gasteiger charge is -2.31. The van der Waals surface area contributed by atoms with Crippen molar-refractivity contribution in [3.8, 4) is 16.9 Å². The van der Waals surface area contributed by atoms with E-state index >= 15 is 0 Å². The third-order valence-electron chi connectivity index (χ3n) is 5.19. The number of benzene rings is 1. The van der Waals surface area contributed by atoms with Crippen LogP contribution in [0, 0.1) is 13.8 Å². The summed E-state index contributed by atoms with van der Waals surface area (Å²) in [6, 6.07) is 10.2. The standard InChI is InChI=1S/C20H25N5O/c1-14-13-18(24-11-9-23(3)10-12-24)25-20(21-14)19(15(2)22-25)16-7-5-6-8-17(16)26-4/h5-8,13H,9-12H2,1-4H3/p+1. The number of aryl methyl sites for hydroxylation is 2.